The fourth-order valence-corrected chi connectivity index (χ4v) is 5.40. The van der Waals surface area contributed by atoms with Gasteiger partial charge < -0.3 is 20.5 Å². The third kappa shape index (κ3) is 8.54. The minimum atomic E-state index is -4.26. The average molecular weight is 667 g/mol. The Labute approximate surface area is 251 Å². The first-order chi connectivity index (χ1) is 19.7. The van der Waals surface area contributed by atoms with Crippen molar-refractivity contribution in [3.8, 4) is 0 Å². The quantitative estimate of drug-likeness (QED) is 0.231. The molecule has 4 rings (SSSR count). The van der Waals surface area contributed by atoms with Crippen molar-refractivity contribution in [1.29, 1.82) is 0 Å². The Kier molecular flexibility index (Phi) is 9.62. The molecule has 0 unspecified atom stereocenters. The Bertz CT molecular complexity index is 1540. The predicted molar refractivity (Wildman–Crippen MR) is 155 cm³/mol. The van der Waals surface area contributed by atoms with Crippen LogP contribution in [0.25, 0.3) is 0 Å². The Morgan fingerprint density at radius 2 is 2.02 bits per heavy atom. The second-order valence-corrected chi connectivity index (χ2v) is 13.0. The standard InChI is InChI=1S/C26H32BrN7O7S/c1-26(2,3)41-25(37)32-21-20(10-16(22(21)35)13-40-42(28,38)39)31-24-18(11-29-14-30-24)23(36)19-7-8-34(33-19)12-15-5-4-6-17(27)9-15/h4-9,11,14,16,20-22,35H,10,12-13H2,1-3H3,(H,32,37)(H2,28,38,39)(H,29,30,31)/t16-,20-,21+,22-/m1/s1. The molecule has 1 fully saturated rings. The molecular formula is C26H32BrN7O7S. The van der Waals surface area contributed by atoms with Crippen molar-refractivity contribution >= 4 is 43.9 Å². The molecule has 14 nitrogen and oxygen atoms in total. The number of halogens is 1. The van der Waals surface area contributed by atoms with E-state index in [4.69, 9.17) is 14.1 Å². The van der Waals surface area contributed by atoms with E-state index in [0.717, 1.165) is 10.0 Å². The van der Waals surface area contributed by atoms with E-state index in [1.807, 2.05) is 24.3 Å². The Hall–Kier alpha value is -3.44. The van der Waals surface area contributed by atoms with Gasteiger partial charge in [0.2, 0.25) is 5.78 Å². The number of alkyl carbamates (subject to hydrolysis) is 1. The van der Waals surface area contributed by atoms with Crippen LogP contribution in [0.3, 0.4) is 0 Å². The second kappa shape index (κ2) is 12.8. The molecule has 1 amide bonds. The summed E-state index contributed by atoms with van der Waals surface area (Å²) in [6, 6.07) is 7.63. The molecule has 0 radical (unpaired) electrons. The van der Waals surface area contributed by atoms with Gasteiger partial charge in [0.15, 0.2) is 0 Å². The number of aliphatic hydroxyl groups excluding tert-OH is 1. The smallest absolute Gasteiger partial charge is 0.408 e. The minimum Gasteiger partial charge on any atom is -0.444 e. The maximum absolute atomic E-state index is 13.5. The lowest BCUT2D eigenvalue weighted by Gasteiger charge is -2.27. The van der Waals surface area contributed by atoms with Crippen LogP contribution in [0.15, 0.2) is 53.5 Å². The molecule has 0 bridgehead atoms. The number of aliphatic hydroxyl groups is 1. The van der Waals surface area contributed by atoms with Gasteiger partial charge in [0.1, 0.15) is 23.4 Å². The number of aromatic nitrogens is 4. The van der Waals surface area contributed by atoms with Crippen molar-refractivity contribution in [2.45, 2.75) is 57.5 Å². The molecule has 1 saturated carbocycles. The van der Waals surface area contributed by atoms with Gasteiger partial charge in [-0.15, -0.1) is 0 Å². The van der Waals surface area contributed by atoms with Gasteiger partial charge in [-0.2, -0.15) is 13.5 Å². The van der Waals surface area contributed by atoms with Crippen LogP contribution in [0.2, 0.25) is 0 Å². The molecule has 4 atom stereocenters. The number of nitrogens with one attached hydrogen (secondary N) is 2. The zero-order chi connectivity index (χ0) is 30.7. The van der Waals surface area contributed by atoms with Gasteiger partial charge in [0, 0.05) is 22.8 Å². The van der Waals surface area contributed by atoms with Gasteiger partial charge in [0.25, 0.3) is 0 Å². The molecule has 2 heterocycles. The summed E-state index contributed by atoms with van der Waals surface area (Å²) in [7, 11) is -4.26. The van der Waals surface area contributed by atoms with Gasteiger partial charge in [0.05, 0.1) is 36.9 Å². The number of hydrogen-bond donors (Lipinski definition) is 4. The lowest BCUT2D eigenvalue weighted by Crippen LogP contribution is -2.51. The molecule has 0 saturated heterocycles. The van der Waals surface area contributed by atoms with Crippen molar-refractivity contribution in [2.24, 2.45) is 11.1 Å². The SMILES string of the molecule is CC(C)(C)OC(=O)N[C@@H]1[C@H](O)[C@@H](COS(N)(=O)=O)C[C@H]1Nc1ncncc1C(=O)c1ccn(Cc2cccc(Br)c2)n1. The first-order valence-electron chi connectivity index (χ1n) is 12.9. The molecule has 16 heteroatoms. The number of ketones is 1. The first kappa shape index (κ1) is 31.5. The molecule has 0 aliphatic heterocycles. The third-order valence-electron chi connectivity index (χ3n) is 6.36. The molecule has 2 aromatic heterocycles. The number of anilines is 1. The number of carbonyl (C=O) groups excluding carboxylic acids is 2. The zero-order valence-corrected chi connectivity index (χ0v) is 25.5. The number of benzene rings is 1. The highest BCUT2D eigenvalue weighted by atomic mass is 79.9. The molecular weight excluding hydrogens is 634 g/mol. The summed E-state index contributed by atoms with van der Waals surface area (Å²) < 4.78 is 35.3. The summed E-state index contributed by atoms with van der Waals surface area (Å²) >= 11 is 3.44. The highest BCUT2D eigenvalue weighted by Gasteiger charge is 2.45. The summed E-state index contributed by atoms with van der Waals surface area (Å²) in [4.78, 5) is 34.3. The number of carbonyl (C=O) groups is 2. The first-order valence-corrected chi connectivity index (χ1v) is 15.2. The largest absolute Gasteiger partial charge is 0.444 e. The Balaban J connectivity index is 1.54. The van der Waals surface area contributed by atoms with Crippen LogP contribution in [0.1, 0.15) is 48.8 Å². The van der Waals surface area contributed by atoms with E-state index in [0.29, 0.717) is 6.54 Å². The average Bonchev–Trinajstić information content (AvgIpc) is 3.46. The number of ether oxygens (including phenoxy) is 1. The summed E-state index contributed by atoms with van der Waals surface area (Å²) in [6.07, 6.45) is 2.38. The molecule has 1 aromatic carbocycles. The number of nitrogens with two attached hydrogens (primary N) is 1. The Morgan fingerprint density at radius 1 is 1.26 bits per heavy atom. The second-order valence-electron chi connectivity index (χ2n) is 10.8. The lowest BCUT2D eigenvalue weighted by atomic mass is 10.1. The van der Waals surface area contributed by atoms with Gasteiger partial charge in [-0.3, -0.25) is 13.7 Å². The van der Waals surface area contributed by atoms with Crippen molar-refractivity contribution < 1.29 is 32.0 Å². The van der Waals surface area contributed by atoms with Crippen LogP contribution in [-0.2, 0) is 25.8 Å². The highest BCUT2D eigenvalue weighted by molar-refractivity contribution is 9.10. The monoisotopic (exact) mass is 665 g/mol. The molecule has 226 valence electrons. The summed E-state index contributed by atoms with van der Waals surface area (Å²) in [5, 5.41) is 26.1. The molecule has 0 spiro atoms. The van der Waals surface area contributed by atoms with E-state index >= 15 is 0 Å². The van der Waals surface area contributed by atoms with E-state index in [9.17, 15) is 23.1 Å². The Morgan fingerprint density at radius 3 is 2.71 bits per heavy atom. The fraction of sp³-hybridized carbons (Fsp3) is 0.423. The fourth-order valence-electron chi connectivity index (χ4n) is 4.59. The topological polar surface area (TPSA) is 201 Å². The van der Waals surface area contributed by atoms with E-state index in [-0.39, 0.29) is 23.5 Å². The molecule has 1 aliphatic carbocycles. The van der Waals surface area contributed by atoms with Crippen molar-refractivity contribution in [3.63, 3.8) is 0 Å². The van der Waals surface area contributed by atoms with E-state index in [1.165, 1.54) is 12.5 Å². The number of nitrogens with zero attached hydrogens (tertiary/aromatic N) is 4. The predicted octanol–water partition coefficient (Wildman–Crippen LogP) is 1.99. The van der Waals surface area contributed by atoms with E-state index in [2.05, 4.69) is 41.6 Å². The van der Waals surface area contributed by atoms with Gasteiger partial charge in [-0.1, -0.05) is 28.1 Å². The van der Waals surface area contributed by atoms with Crippen molar-refractivity contribution in [1.82, 2.24) is 25.1 Å². The maximum atomic E-state index is 13.5. The van der Waals surface area contributed by atoms with Crippen LogP contribution >= 0.6 is 15.9 Å². The minimum absolute atomic E-state index is 0.111. The van der Waals surface area contributed by atoms with Gasteiger partial charge in [-0.05, 0) is 51.0 Å². The molecule has 5 N–H and O–H groups in total. The number of hydrogen-bond acceptors (Lipinski definition) is 11. The van der Waals surface area contributed by atoms with Crippen LogP contribution in [0.5, 0.6) is 0 Å². The van der Waals surface area contributed by atoms with E-state index in [1.54, 1.807) is 37.7 Å². The summed E-state index contributed by atoms with van der Waals surface area (Å²) in [5.41, 5.74) is 0.456. The summed E-state index contributed by atoms with van der Waals surface area (Å²) in [6.45, 7) is 5.10. The van der Waals surface area contributed by atoms with E-state index < -0.39 is 58.5 Å². The molecule has 42 heavy (non-hydrogen) atoms. The highest BCUT2D eigenvalue weighted by Crippen LogP contribution is 2.31. The van der Waals surface area contributed by atoms with Crippen LogP contribution in [0.4, 0.5) is 10.6 Å². The zero-order valence-electron chi connectivity index (χ0n) is 23.1. The van der Waals surface area contributed by atoms with Crippen LogP contribution in [0, 0.1) is 5.92 Å². The normalized spacial score (nSPS) is 20.7. The molecule has 1 aliphatic rings. The summed E-state index contributed by atoms with van der Waals surface area (Å²) in [5.74, 6) is -1.05. The van der Waals surface area contributed by atoms with Crippen LogP contribution < -0.4 is 15.8 Å². The maximum Gasteiger partial charge on any atom is 0.408 e. The van der Waals surface area contributed by atoms with Crippen LogP contribution in [-0.4, -0.2) is 75.5 Å². The van der Waals surface area contributed by atoms with Gasteiger partial charge in [-0.25, -0.2) is 19.9 Å². The van der Waals surface area contributed by atoms with Gasteiger partial charge >= 0.3 is 16.4 Å². The number of rotatable bonds is 10. The molecule has 3 aromatic rings. The number of amides is 1. The third-order valence-corrected chi connectivity index (χ3v) is 7.31. The van der Waals surface area contributed by atoms with Crippen molar-refractivity contribution in [2.75, 3.05) is 11.9 Å². The van der Waals surface area contributed by atoms with Crippen molar-refractivity contribution in [3.05, 3.63) is 70.3 Å². The lowest BCUT2D eigenvalue weighted by molar-refractivity contribution is 0.0383.